The summed E-state index contributed by atoms with van der Waals surface area (Å²) < 4.78 is 0. The van der Waals surface area contributed by atoms with Crippen molar-refractivity contribution in [3.63, 3.8) is 0 Å². The molecular weight excluding hydrogens is 348 g/mol. The molecule has 0 amide bonds. The Morgan fingerprint density at radius 3 is 0.308 bits per heavy atom. The van der Waals surface area contributed by atoms with Crippen molar-refractivity contribution in [2.45, 2.75) is 0 Å². The van der Waals surface area contributed by atoms with E-state index in [9.17, 15) is 0 Å². The van der Waals surface area contributed by atoms with E-state index in [2.05, 4.69) is 0 Å². The summed E-state index contributed by atoms with van der Waals surface area (Å²) in [5.41, 5.74) is 0. The molecule has 9 N–H and O–H groups in total. The second-order valence-electron chi connectivity index (χ2n) is 0. The third kappa shape index (κ3) is 662. The van der Waals surface area contributed by atoms with Crippen LogP contribution in [0.25, 0.3) is 0 Å². The van der Waals surface area contributed by atoms with Crippen LogP contribution in [0.1, 0.15) is 0 Å². The normalized spacial score (nSPS) is 0. The Morgan fingerprint density at radius 2 is 0.308 bits per heavy atom. The molecule has 13 heteroatoms. The van der Waals surface area contributed by atoms with E-state index in [-0.39, 0.29) is 117 Å². The molecule has 0 aliphatic carbocycles. The first-order chi connectivity index (χ1) is 0. The van der Waals surface area contributed by atoms with Gasteiger partial charge in [0.05, 0.1) is 0 Å². The Morgan fingerprint density at radius 1 is 0.308 bits per heavy atom. The topological polar surface area (TPSA) is 270 Å². The van der Waals surface area contributed by atoms with Gasteiger partial charge < -0.3 is 49.3 Å². The maximum atomic E-state index is 0. The zero-order valence-electron chi connectivity index (χ0n) is 5.59. The van der Waals surface area contributed by atoms with E-state index in [1.165, 1.54) is 0 Å². The molecule has 0 atom stereocenters. The fourth-order valence-corrected chi connectivity index (χ4v) is 0. The predicted molar refractivity (Wildman–Crippen MR) is 23.2 cm³/mol. The fraction of sp³-hybridized carbons (Fsp3) is 0. The van der Waals surface area contributed by atoms with Crippen molar-refractivity contribution in [2.24, 2.45) is 0 Å². The molecule has 0 heterocycles. The summed E-state index contributed by atoms with van der Waals surface area (Å²) in [5, 5.41) is 0. The van der Waals surface area contributed by atoms with Crippen molar-refractivity contribution in [3.05, 3.63) is 0 Å². The molecule has 0 rings (SSSR count). The Bertz CT molecular complexity index is 17.6. The predicted octanol–water partition coefficient (Wildman–Crippen LogP) is -1.98. The quantitative estimate of drug-likeness (QED) is 0.434. The van der Waals surface area contributed by atoms with E-state index in [1.807, 2.05) is 0 Å². The van der Waals surface area contributed by atoms with Gasteiger partial charge in [-0.2, -0.15) is 0 Å². The molecule has 0 saturated heterocycles. The van der Waals surface area contributed by atoms with Crippen LogP contribution < -0.4 is 0 Å². The molecule has 0 saturated carbocycles. The van der Waals surface area contributed by atoms with Gasteiger partial charge in [-0.15, -0.1) is 0 Å². The minimum atomic E-state index is 0. The molecule has 13 heavy (non-hydrogen) atoms. The Balaban J connectivity index is 0. The van der Waals surface area contributed by atoms with Gasteiger partial charge >= 0.3 is 67.4 Å². The second kappa shape index (κ2) is 780. The van der Waals surface area contributed by atoms with Crippen LogP contribution in [0.3, 0.4) is 0 Å². The van der Waals surface area contributed by atoms with Gasteiger partial charge in [0.2, 0.25) is 0 Å². The molecular formula is H9AlCo2NiO9. The maximum absolute atomic E-state index is 0. The summed E-state index contributed by atoms with van der Waals surface area (Å²) in [7, 11) is 0. The first-order valence-corrected chi connectivity index (χ1v) is 0. The van der Waals surface area contributed by atoms with Crippen LogP contribution in [0.2, 0.25) is 0 Å². The third-order valence-corrected chi connectivity index (χ3v) is 0. The fourth-order valence-electron chi connectivity index (χ4n) is 0. The number of rotatable bonds is 0. The zero-order valence-corrected chi connectivity index (χ0v) is 9.81. The van der Waals surface area contributed by atoms with Crippen LogP contribution >= 0.6 is 0 Å². The standard InChI is InChI=1S/Al.2Co.Ni.9H2O/h;;;;9*1H2/q+3;3*+2;;;;;;;;;/p-9. The largest absolute Gasteiger partial charge is 3.00 e. The first-order valence-electron chi connectivity index (χ1n) is 0. The van der Waals surface area contributed by atoms with Crippen molar-refractivity contribution in [3.8, 4) is 0 Å². The van der Waals surface area contributed by atoms with Crippen molar-refractivity contribution < 1.29 is 99.3 Å². The first kappa shape index (κ1) is 974. The summed E-state index contributed by atoms with van der Waals surface area (Å²) in [6.45, 7) is 0. The van der Waals surface area contributed by atoms with Gasteiger partial charge in [0.15, 0.2) is 0 Å². The Hall–Kier alpha value is 1.68. The van der Waals surface area contributed by atoms with Gasteiger partial charge in [-0.3, -0.25) is 0 Å². The van der Waals surface area contributed by atoms with Crippen LogP contribution in [-0.4, -0.2) is 66.6 Å². The summed E-state index contributed by atoms with van der Waals surface area (Å²) >= 11 is 0. The SMILES string of the molecule is [Al+3].[Co+2].[Co+2].[Ni+2].[OH-].[OH-].[OH-].[OH-].[OH-].[OH-].[OH-].[OH-].[OH-]. The minimum Gasteiger partial charge on any atom is -0.870 e. The number of hydrogen-bond donors (Lipinski definition) is 0. The molecule has 0 spiro atoms. The monoisotopic (exact) mass is 356 g/mol. The van der Waals surface area contributed by atoms with Crippen LogP contribution in [0, 0.1) is 0 Å². The molecule has 0 fully saturated rings. The van der Waals surface area contributed by atoms with Crippen LogP contribution in [0.4, 0.5) is 0 Å². The summed E-state index contributed by atoms with van der Waals surface area (Å²) in [6.07, 6.45) is 0. The minimum absolute atomic E-state index is 0. The maximum Gasteiger partial charge on any atom is 3.00 e. The second-order valence-corrected chi connectivity index (χ2v) is 0. The molecule has 0 aromatic carbocycles. The molecule has 0 aromatic heterocycles. The van der Waals surface area contributed by atoms with Crippen molar-refractivity contribution >= 4 is 17.4 Å². The van der Waals surface area contributed by atoms with Crippen molar-refractivity contribution in [2.75, 3.05) is 0 Å². The van der Waals surface area contributed by atoms with E-state index in [4.69, 9.17) is 0 Å². The smallest absolute Gasteiger partial charge is 0.870 e. The Kier molecular flexibility index (Phi) is 58500. The van der Waals surface area contributed by atoms with E-state index in [1.54, 1.807) is 0 Å². The molecule has 0 aromatic rings. The summed E-state index contributed by atoms with van der Waals surface area (Å²) in [5.74, 6) is 0. The Labute approximate surface area is 116 Å². The molecule has 0 unspecified atom stereocenters. The van der Waals surface area contributed by atoms with Crippen LogP contribution in [0.5, 0.6) is 0 Å². The molecule has 94 valence electrons. The van der Waals surface area contributed by atoms with Gasteiger partial charge in [-0.25, -0.2) is 0 Å². The average molecular weight is 357 g/mol. The van der Waals surface area contributed by atoms with E-state index in [0.29, 0.717) is 0 Å². The summed E-state index contributed by atoms with van der Waals surface area (Å²) in [6, 6.07) is 0. The molecule has 0 aliphatic rings. The molecule has 0 bridgehead atoms. The van der Waals surface area contributed by atoms with Gasteiger partial charge in [0.1, 0.15) is 0 Å². The van der Waals surface area contributed by atoms with Gasteiger partial charge in [-0.05, 0) is 0 Å². The van der Waals surface area contributed by atoms with Gasteiger partial charge in [0, 0.05) is 0 Å². The molecule has 0 aliphatic heterocycles. The van der Waals surface area contributed by atoms with E-state index < -0.39 is 0 Å². The van der Waals surface area contributed by atoms with Crippen molar-refractivity contribution in [1.82, 2.24) is 0 Å². The molecule has 2 radical (unpaired) electrons. The van der Waals surface area contributed by atoms with Crippen LogP contribution in [0.15, 0.2) is 0 Å². The van der Waals surface area contributed by atoms with Gasteiger partial charge in [0.25, 0.3) is 0 Å². The van der Waals surface area contributed by atoms with E-state index >= 15 is 0 Å². The summed E-state index contributed by atoms with van der Waals surface area (Å²) in [4.78, 5) is 0. The average Bonchev–Trinajstić information content (AvgIpc) is 0. The van der Waals surface area contributed by atoms with Crippen molar-refractivity contribution in [1.29, 1.82) is 0 Å². The van der Waals surface area contributed by atoms with E-state index in [0.717, 1.165) is 0 Å². The molecule has 9 nitrogen and oxygen atoms in total. The third-order valence-electron chi connectivity index (χ3n) is 0. The van der Waals surface area contributed by atoms with Crippen LogP contribution in [-0.2, 0) is 50.0 Å². The number of hydrogen-bond acceptors (Lipinski definition) is 9. The zero-order chi connectivity index (χ0) is 0. The van der Waals surface area contributed by atoms with Gasteiger partial charge in [-0.1, -0.05) is 0 Å².